The summed E-state index contributed by atoms with van der Waals surface area (Å²) in [6.07, 6.45) is 0. The first-order valence-electron chi connectivity index (χ1n) is 3.32. The molecule has 0 saturated heterocycles. The molecular weight excluding hydrogens is 359 g/mol. The highest BCUT2D eigenvalue weighted by molar-refractivity contribution is 9.11. The molecule has 0 aliphatic heterocycles. The average molecular weight is 361 g/mol. The minimum Gasteiger partial charge on any atom is -0.276 e. The lowest BCUT2D eigenvalue weighted by Crippen LogP contribution is -1.98. The minimum absolute atomic E-state index is 0.199. The van der Waals surface area contributed by atoms with Crippen LogP contribution in [0.2, 0.25) is 0 Å². The van der Waals surface area contributed by atoms with Gasteiger partial charge in [-0.3, -0.25) is 9.59 Å². The van der Waals surface area contributed by atoms with Crippen LogP contribution in [0.15, 0.2) is 21.1 Å². The lowest BCUT2D eigenvalue weighted by Gasteiger charge is -2.04. The molecule has 2 nitrogen and oxygen atoms in total. The summed E-state index contributed by atoms with van der Waals surface area (Å²) in [4.78, 5) is 21.9. The molecule has 6 heteroatoms. The van der Waals surface area contributed by atoms with Gasteiger partial charge in [0.05, 0.1) is 11.1 Å². The molecule has 0 aliphatic carbocycles. The van der Waals surface area contributed by atoms with Crippen LogP contribution in [0.25, 0.3) is 0 Å². The van der Waals surface area contributed by atoms with E-state index in [1.165, 1.54) is 12.1 Å². The van der Waals surface area contributed by atoms with Crippen molar-refractivity contribution >= 4 is 65.5 Å². The van der Waals surface area contributed by atoms with Gasteiger partial charge >= 0.3 is 0 Å². The molecule has 0 unspecified atom stereocenters. The number of hydrogen-bond donors (Lipinski definition) is 0. The van der Waals surface area contributed by atoms with Crippen molar-refractivity contribution in [2.75, 3.05) is 0 Å². The normalized spacial score (nSPS) is 10.0. The van der Waals surface area contributed by atoms with Crippen LogP contribution >= 0.6 is 55.1 Å². The Balaban J connectivity index is 3.47. The van der Waals surface area contributed by atoms with E-state index in [4.69, 9.17) is 23.2 Å². The van der Waals surface area contributed by atoms with Gasteiger partial charge in [-0.15, -0.1) is 0 Å². The topological polar surface area (TPSA) is 34.1 Å². The fourth-order valence-corrected chi connectivity index (χ4v) is 2.45. The zero-order valence-electron chi connectivity index (χ0n) is 6.48. The Bertz CT molecular complexity index is 383. The summed E-state index contributed by atoms with van der Waals surface area (Å²) in [7, 11) is 0. The Hall–Kier alpha value is 0.1000. The quantitative estimate of drug-likeness (QED) is 0.748. The van der Waals surface area contributed by atoms with E-state index < -0.39 is 10.5 Å². The molecule has 0 aromatic heterocycles. The first kappa shape index (κ1) is 12.2. The second-order valence-corrected chi connectivity index (χ2v) is 4.76. The third-order valence-corrected chi connectivity index (χ3v) is 3.18. The lowest BCUT2D eigenvalue weighted by molar-refractivity contribution is 0.108. The molecule has 74 valence electrons. The summed E-state index contributed by atoms with van der Waals surface area (Å²) in [5.41, 5.74) is 0.398. The summed E-state index contributed by atoms with van der Waals surface area (Å²) in [5.74, 6) is 0. The molecule has 1 rings (SSSR count). The summed E-state index contributed by atoms with van der Waals surface area (Å²) in [6, 6.07) is 3.01. The zero-order valence-corrected chi connectivity index (χ0v) is 11.2. The summed E-state index contributed by atoms with van der Waals surface area (Å²) in [6.45, 7) is 0. The molecule has 1 aromatic carbocycles. The van der Waals surface area contributed by atoms with E-state index in [0.717, 1.165) is 0 Å². The van der Waals surface area contributed by atoms with Gasteiger partial charge < -0.3 is 0 Å². The van der Waals surface area contributed by atoms with E-state index in [9.17, 15) is 9.59 Å². The molecule has 0 spiro atoms. The van der Waals surface area contributed by atoms with Gasteiger partial charge in [0.25, 0.3) is 10.5 Å². The van der Waals surface area contributed by atoms with Gasteiger partial charge in [-0.05, 0) is 51.3 Å². The number of carbonyl (C=O) groups is 2. The third-order valence-electron chi connectivity index (χ3n) is 1.46. The number of rotatable bonds is 2. The van der Waals surface area contributed by atoms with Crippen molar-refractivity contribution in [1.29, 1.82) is 0 Å². The van der Waals surface area contributed by atoms with E-state index in [1.54, 1.807) is 0 Å². The molecule has 0 bridgehead atoms. The molecule has 0 fully saturated rings. The molecule has 1 aromatic rings. The minimum atomic E-state index is -0.655. The van der Waals surface area contributed by atoms with E-state index in [2.05, 4.69) is 31.9 Å². The van der Waals surface area contributed by atoms with Crippen LogP contribution in [0.1, 0.15) is 20.7 Å². The number of hydrogen-bond acceptors (Lipinski definition) is 2. The van der Waals surface area contributed by atoms with E-state index in [0.29, 0.717) is 8.95 Å². The van der Waals surface area contributed by atoms with Gasteiger partial charge in [-0.2, -0.15) is 0 Å². The van der Waals surface area contributed by atoms with Crippen LogP contribution in [-0.4, -0.2) is 10.5 Å². The van der Waals surface area contributed by atoms with Crippen LogP contribution in [-0.2, 0) is 0 Å². The van der Waals surface area contributed by atoms with Crippen LogP contribution in [0.5, 0.6) is 0 Å². The van der Waals surface area contributed by atoms with Crippen molar-refractivity contribution in [2.24, 2.45) is 0 Å². The predicted molar refractivity (Wildman–Crippen MR) is 62.2 cm³/mol. The summed E-state index contributed by atoms with van der Waals surface area (Å²) in [5, 5.41) is -1.31. The standard InChI is InChI=1S/C8H2Br2Cl2O2/c9-3-1-4(7(11)13)6(10)5(2-3)8(12)14/h1-2H. The summed E-state index contributed by atoms with van der Waals surface area (Å²) >= 11 is 16.9. The Morgan fingerprint density at radius 3 is 1.64 bits per heavy atom. The van der Waals surface area contributed by atoms with Crippen LogP contribution in [0, 0.1) is 0 Å². The van der Waals surface area contributed by atoms with Crippen molar-refractivity contribution in [1.82, 2.24) is 0 Å². The Labute approximate surface area is 107 Å². The van der Waals surface area contributed by atoms with E-state index in [1.807, 2.05) is 0 Å². The number of halogens is 4. The van der Waals surface area contributed by atoms with Gasteiger partial charge in [0.2, 0.25) is 0 Å². The van der Waals surface area contributed by atoms with Crippen molar-refractivity contribution in [3.05, 3.63) is 32.2 Å². The highest BCUT2D eigenvalue weighted by Crippen LogP contribution is 2.28. The maximum absolute atomic E-state index is 11.0. The van der Waals surface area contributed by atoms with Gasteiger partial charge in [0.1, 0.15) is 0 Å². The third kappa shape index (κ3) is 2.57. The molecule has 14 heavy (non-hydrogen) atoms. The largest absolute Gasteiger partial charge is 0.276 e. The first-order chi connectivity index (χ1) is 6.43. The lowest BCUT2D eigenvalue weighted by atomic mass is 10.1. The average Bonchev–Trinajstić information content (AvgIpc) is 2.07. The Morgan fingerprint density at radius 2 is 1.36 bits per heavy atom. The molecule has 0 atom stereocenters. The van der Waals surface area contributed by atoms with Crippen LogP contribution in [0.4, 0.5) is 0 Å². The number of benzene rings is 1. The maximum atomic E-state index is 11.0. The molecule has 0 aliphatic rings. The SMILES string of the molecule is O=C(Cl)c1cc(Br)cc(C(=O)Cl)c1Br. The smallest absolute Gasteiger partial charge is 0.253 e. The first-order valence-corrected chi connectivity index (χ1v) is 5.66. The van der Waals surface area contributed by atoms with Gasteiger partial charge in [0.15, 0.2) is 0 Å². The van der Waals surface area contributed by atoms with E-state index in [-0.39, 0.29) is 11.1 Å². The van der Waals surface area contributed by atoms with Gasteiger partial charge in [-0.1, -0.05) is 15.9 Å². The highest BCUT2D eigenvalue weighted by atomic mass is 79.9. The molecular formula is C8H2Br2Cl2O2. The monoisotopic (exact) mass is 358 g/mol. The maximum Gasteiger partial charge on any atom is 0.253 e. The van der Waals surface area contributed by atoms with Gasteiger partial charge in [-0.25, -0.2) is 0 Å². The molecule has 0 N–H and O–H groups in total. The van der Waals surface area contributed by atoms with Crippen molar-refractivity contribution < 1.29 is 9.59 Å². The second-order valence-electron chi connectivity index (χ2n) is 2.36. The number of carbonyl (C=O) groups excluding carboxylic acids is 2. The Morgan fingerprint density at radius 1 is 1.00 bits per heavy atom. The molecule has 0 radical (unpaired) electrons. The zero-order chi connectivity index (χ0) is 10.9. The van der Waals surface area contributed by atoms with Crippen molar-refractivity contribution in [3.8, 4) is 0 Å². The summed E-state index contributed by atoms with van der Waals surface area (Å²) < 4.78 is 0.870. The second kappa shape index (κ2) is 4.75. The van der Waals surface area contributed by atoms with E-state index >= 15 is 0 Å². The predicted octanol–water partition coefficient (Wildman–Crippen LogP) is 3.97. The highest BCUT2D eigenvalue weighted by Gasteiger charge is 2.16. The molecule has 0 saturated carbocycles. The Kier molecular flexibility index (Phi) is 4.13. The molecule has 0 heterocycles. The fraction of sp³-hybridized carbons (Fsp3) is 0. The van der Waals surface area contributed by atoms with Crippen LogP contribution < -0.4 is 0 Å². The van der Waals surface area contributed by atoms with Crippen molar-refractivity contribution in [2.45, 2.75) is 0 Å². The fourth-order valence-electron chi connectivity index (χ4n) is 0.875. The van der Waals surface area contributed by atoms with Crippen molar-refractivity contribution in [3.63, 3.8) is 0 Å². The van der Waals surface area contributed by atoms with Crippen LogP contribution in [0.3, 0.4) is 0 Å². The molecule has 0 amide bonds. The van der Waals surface area contributed by atoms with Gasteiger partial charge in [0, 0.05) is 8.95 Å².